The molecule has 0 atom stereocenters. The van der Waals surface area contributed by atoms with Gasteiger partial charge in [-0.1, -0.05) is 26.0 Å². The summed E-state index contributed by atoms with van der Waals surface area (Å²) in [5.41, 5.74) is 4.49. The molecule has 0 spiro atoms. The van der Waals surface area contributed by atoms with E-state index < -0.39 is 12.1 Å². The van der Waals surface area contributed by atoms with Crippen LogP contribution in [0, 0.1) is 16.7 Å². The molecule has 12 nitrogen and oxygen atoms in total. The van der Waals surface area contributed by atoms with Crippen molar-refractivity contribution in [1.82, 2.24) is 35.1 Å². The number of carboxylic acid groups (broad SMARTS) is 1. The number of nitrogens with one attached hydrogen (secondary N) is 2. The number of allylic oxidation sites excluding steroid dienone is 2. The maximum absolute atomic E-state index is 12.8. The molecule has 1 amide bonds. The molecule has 4 rings (SSSR count). The summed E-state index contributed by atoms with van der Waals surface area (Å²) in [6, 6.07) is 7.98. The van der Waals surface area contributed by atoms with Gasteiger partial charge in [0.15, 0.2) is 11.6 Å². The molecule has 2 aromatic heterocycles. The summed E-state index contributed by atoms with van der Waals surface area (Å²) in [5, 5.41) is 31.4. The molecule has 0 radical (unpaired) electrons. The van der Waals surface area contributed by atoms with Crippen molar-refractivity contribution in [3.8, 4) is 6.07 Å². The number of aromatic amines is 1. The second kappa shape index (κ2) is 13.4. The van der Waals surface area contributed by atoms with E-state index in [1.54, 1.807) is 0 Å². The second-order valence-corrected chi connectivity index (χ2v) is 10.8. The number of hydrogen-bond acceptors (Lipinski definition) is 8. The molecule has 15 heteroatoms. The van der Waals surface area contributed by atoms with Crippen molar-refractivity contribution in [3.05, 3.63) is 58.9 Å². The van der Waals surface area contributed by atoms with Gasteiger partial charge >= 0.3 is 12.1 Å². The molecule has 0 saturated carbocycles. The number of tetrazole rings is 1. The van der Waals surface area contributed by atoms with Crippen molar-refractivity contribution in [2.75, 3.05) is 26.0 Å². The van der Waals surface area contributed by atoms with Gasteiger partial charge in [0.1, 0.15) is 11.8 Å². The van der Waals surface area contributed by atoms with Crippen LogP contribution in [0.25, 0.3) is 5.57 Å². The van der Waals surface area contributed by atoms with Crippen LogP contribution in [0.5, 0.6) is 0 Å². The smallest absolute Gasteiger partial charge is 0.475 e. The average molecular weight is 588 g/mol. The van der Waals surface area contributed by atoms with Crippen molar-refractivity contribution in [2.24, 2.45) is 5.41 Å². The van der Waals surface area contributed by atoms with Crippen molar-refractivity contribution in [1.29, 1.82) is 5.26 Å². The Hall–Kier alpha value is -4.58. The van der Waals surface area contributed by atoms with Crippen molar-refractivity contribution in [2.45, 2.75) is 52.3 Å². The maximum atomic E-state index is 12.8. The Morgan fingerprint density at radius 2 is 2.00 bits per heavy atom. The molecule has 0 unspecified atom stereocenters. The lowest BCUT2D eigenvalue weighted by Crippen LogP contribution is -2.21. The van der Waals surface area contributed by atoms with E-state index >= 15 is 0 Å². The number of amides is 1. The van der Waals surface area contributed by atoms with Crippen molar-refractivity contribution < 1.29 is 27.9 Å². The largest absolute Gasteiger partial charge is 0.490 e. The van der Waals surface area contributed by atoms with Crippen LogP contribution in [-0.2, 0) is 17.8 Å². The minimum Gasteiger partial charge on any atom is -0.475 e. The highest BCUT2D eigenvalue weighted by Gasteiger charge is 2.38. The maximum Gasteiger partial charge on any atom is 0.490 e. The molecule has 2 heterocycles. The van der Waals surface area contributed by atoms with E-state index in [-0.39, 0.29) is 22.8 Å². The molecule has 224 valence electrons. The predicted molar refractivity (Wildman–Crippen MR) is 146 cm³/mol. The molecule has 0 aliphatic heterocycles. The number of aromatic nitrogens is 6. The molecular formula is C27H32F3N9O3. The van der Waals surface area contributed by atoms with Crippen LogP contribution in [0.1, 0.15) is 66.4 Å². The number of likely N-dealkylation sites (N-methyl/N-ethyl adjacent to an activating group) is 1. The number of aliphatic carboxylic acids is 1. The summed E-state index contributed by atoms with van der Waals surface area (Å²) < 4.78 is 33.6. The first-order chi connectivity index (χ1) is 19.7. The number of imidazole rings is 1. The summed E-state index contributed by atoms with van der Waals surface area (Å²) in [6.07, 6.45) is 2.12. The van der Waals surface area contributed by atoms with Crippen LogP contribution in [0.2, 0.25) is 0 Å². The van der Waals surface area contributed by atoms with Crippen molar-refractivity contribution in [3.63, 3.8) is 0 Å². The van der Waals surface area contributed by atoms with Gasteiger partial charge in [-0.25, -0.2) is 14.5 Å². The molecule has 0 saturated heterocycles. The Bertz CT molecular complexity index is 1480. The minimum atomic E-state index is -5.08. The molecule has 1 aliphatic rings. The van der Waals surface area contributed by atoms with Gasteiger partial charge in [0, 0.05) is 24.2 Å². The van der Waals surface area contributed by atoms with Crippen LogP contribution in [-0.4, -0.2) is 78.9 Å². The molecule has 3 N–H and O–H groups in total. The van der Waals surface area contributed by atoms with Gasteiger partial charge in [0.25, 0.3) is 5.91 Å². The van der Waals surface area contributed by atoms with Gasteiger partial charge in [-0.3, -0.25) is 4.79 Å². The lowest BCUT2D eigenvalue weighted by Gasteiger charge is -2.29. The van der Waals surface area contributed by atoms with Crippen LogP contribution >= 0.6 is 0 Å². The fourth-order valence-electron chi connectivity index (χ4n) is 4.07. The van der Waals surface area contributed by atoms with Gasteiger partial charge in [-0.2, -0.15) is 18.4 Å². The quantitative estimate of drug-likeness (QED) is 0.354. The number of alkyl halides is 3. The predicted octanol–water partition coefficient (Wildman–Crippen LogP) is 3.90. The third-order valence-electron chi connectivity index (χ3n) is 6.53. The van der Waals surface area contributed by atoms with Gasteiger partial charge in [0.2, 0.25) is 0 Å². The van der Waals surface area contributed by atoms with Crippen LogP contribution in [0.4, 0.5) is 18.9 Å². The monoisotopic (exact) mass is 587 g/mol. The number of rotatable bonds is 8. The van der Waals surface area contributed by atoms with Crippen LogP contribution < -0.4 is 5.32 Å². The number of carbonyl (C=O) groups excluding carboxylic acids is 1. The number of benzene rings is 1. The molecular weight excluding hydrogens is 555 g/mol. The Labute approximate surface area is 240 Å². The summed E-state index contributed by atoms with van der Waals surface area (Å²) in [4.78, 5) is 30.6. The van der Waals surface area contributed by atoms with Crippen LogP contribution in [0.3, 0.4) is 0 Å². The zero-order valence-corrected chi connectivity index (χ0v) is 23.7. The minimum absolute atomic E-state index is 0.107. The first kappa shape index (κ1) is 31.9. The third kappa shape index (κ3) is 8.96. The van der Waals surface area contributed by atoms with E-state index in [0.29, 0.717) is 18.7 Å². The second-order valence-electron chi connectivity index (χ2n) is 10.8. The molecule has 1 aliphatic carbocycles. The summed E-state index contributed by atoms with van der Waals surface area (Å²) in [7, 11) is 4.04. The van der Waals surface area contributed by atoms with Crippen LogP contribution in [0.15, 0.2) is 30.5 Å². The van der Waals surface area contributed by atoms with Crippen molar-refractivity contribution >= 4 is 23.1 Å². The summed E-state index contributed by atoms with van der Waals surface area (Å²) in [6.45, 7) is 6.11. The zero-order valence-electron chi connectivity index (χ0n) is 23.7. The van der Waals surface area contributed by atoms with E-state index in [1.165, 1.54) is 11.8 Å². The standard InChI is InChI=1S/C25H31N9O.C2HF3O2/c1-25(2)9-7-18(8-10-25)20-13-17(14-22-30-31-32-34(22)12-11-33(3)4)5-6-21(20)29-24(35)23-27-16-19(15-26)28-23;3-2(4,5)1(6)7/h5-7,13,16H,8-12,14H2,1-4H3,(H,27,28)(H,29,35);(H,6,7). The number of H-pyrrole nitrogens is 1. The Morgan fingerprint density at radius 1 is 1.29 bits per heavy atom. The fraction of sp³-hybridized carbons (Fsp3) is 0.444. The molecule has 3 aromatic rings. The first-order valence-corrected chi connectivity index (χ1v) is 13.0. The topological polar surface area (TPSA) is 166 Å². The van der Waals surface area contributed by atoms with E-state index in [9.17, 15) is 18.0 Å². The highest BCUT2D eigenvalue weighted by atomic mass is 19.4. The lowest BCUT2D eigenvalue weighted by molar-refractivity contribution is -0.192. The van der Waals surface area contributed by atoms with E-state index in [0.717, 1.165) is 42.8 Å². The fourth-order valence-corrected chi connectivity index (χ4v) is 4.07. The zero-order chi connectivity index (χ0) is 31.1. The van der Waals surface area contributed by atoms with E-state index in [1.807, 2.05) is 37.0 Å². The van der Waals surface area contributed by atoms with Gasteiger partial charge < -0.3 is 20.3 Å². The van der Waals surface area contributed by atoms with Gasteiger partial charge in [0.05, 0.1) is 12.7 Å². The van der Waals surface area contributed by atoms with Gasteiger partial charge in [-0.05, 0) is 72.5 Å². The number of nitriles is 1. The molecule has 1 aromatic carbocycles. The third-order valence-corrected chi connectivity index (χ3v) is 6.53. The number of carbonyl (C=O) groups is 2. The highest BCUT2D eigenvalue weighted by molar-refractivity contribution is 6.03. The lowest BCUT2D eigenvalue weighted by atomic mass is 9.76. The number of halogens is 3. The first-order valence-electron chi connectivity index (χ1n) is 13.0. The number of carboxylic acids is 1. The molecule has 0 bridgehead atoms. The number of anilines is 1. The Balaban J connectivity index is 0.000000616. The Morgan fingerprint density at radius 3 is 2.57 bits per heavy atom. The number of nitrogens with zero attached hydrogens (tertiary/aromatic N) is 7. The summed E-state index contributed by atoms with van der Waals surface area (Å²) >= 11 is 0. The SMILES string of the molecule is CN(C)CCn1nnnc1Cc1ccc(NC(=O)c2ncc(C#N)[nH]2)c(C2=CCC(C)(C)CC2)c1.O=C(O)C(F)(F)F. The van der Waals surface area contributed by atoms with E-state index in [4.69, 9.17) is 15.2 Å². The average Bonchev–Trinajstić information content (AvgIpc) is 3.58. The van der Waals surface area contributed by atoms with E-state index in [2.05, 4.69) is 61.7 Å². The molecule has 42 heavy (non-hydrogen) atoms. The van der Waals surface area contributed by atoms with Gasteiger partial charge in [-0.15, -0.1) is 5.10 Å². The summed E-state index contributed by atoms with van der Waals surface area (Å²) in [5.74, 6) is -2.24. The highest BCUT2D eigenvalue weighted by Crippen LogP contribution is 2.40. The Kier molecular flexibility index (Phi) is 10.2. The normalized spacial score (nSPS) is 14.4. The number of hydrogen-bond donors (Lipinski definition) is 3. The molecule has 0 fully saturated rings.